The molecule has 0 amide bonds. The summed E-state index contributed by atoms with van der Waals surface area (Å²) in [6.45, 7) is 1.07. The summed E-state index contributed by atoms with van der Waals surface area (Å²) in [5.41, 5.74) is 0.112. The van der Waals surface area contributed by atoms with E-state index in [4.69, 9.17) is 15.3 Å². The lowest BCUT2D eigenvalue weighted by Gasteiger charge is -2.16. The van der Waals surface area contributed by atoms with Crippen molar-refractivity contribution in [1.29, 1.82) is 5.41 Å². The molecule has 0 spiro atoms. The molecule has 1 saturated heterocycles. The third kappa shape index (κ3) is 1.92. The summed E-state index contributed by atoms with van der Waals surface area (Å²) < 4.78 is 7.36. The first-order valence-corrected chi connectivity index (χ1v) is 6.28. The summed E-state index contributed by atoms with van der Waals surface area (Å²) >= 11 is 0. The van der Waals surface area contributed by atoms with Gasteiger partial charge in [0, 0.05) is 0 Å². The van der Waals surface area contributed by atoms with Gasteiger partial charge >= 0.3 is 0 Å². The normalized spacial score (nSPS) is 29.3. The summed E-state index contributed by atoms with van der Waals surface area (Å²) in [6, 6.07) is 0. The zero-order valence-electron chi connectivity index (χ0n) is 11.1. The predicted molar refractivity (Wildman–Crippen MR) is 66.3 cm³/mol. The van der Waals surface area contributed by atoms with Crippen LogP contribution in [-0.4, -0.2) is 64.7 Å². The first-order chi connectivity index (χ1) is 9.95. The van der Waals surface area contributed by atoms with Gasteiger partial charge in [-0.05, 0) is 6.92 Å². The number of hydrogen-bond acceptors (Lipinski definition) is 8. The smallest absolute Gasteiger partial charge is 0.192 e. The van der Waals surface area contributed by atoms with Crippen molar-refractivity contribution in [1.82, 2.24) is 19.3 Å². The minimum absolute atomic E-state index is 0.126. The van der Waals surface area contributed by atoms with Crippen LogP contribution in [0.3, 0.4) is 0 Å². The maximum absolute atomic E-state index is 10.0. The van der Waals surface area contributed by atoms with Gasteiger partial charge in [0.2, 0.25) is 0 Å². The Kier molecular flexibility index (Phi) is 3.17. The fourth-order valence-electron chi connectivity index (χ4n) is 2.39. The van der Waals surface area contributed by atoms with Crippen molar-refractivity contribution in [3.63, 3.8) is 0 Å². The van der Waals surface area contributed by atoms with Gasteiger partial charge in [0.1, 0.15) is 24.1 Å². The number of imidazole rings is 1. The Balaban J connectivity index is 2.12. The Bertz CT molecular complexity index is 740. The number of aliphatic hydroxyl groups is 3. The van der Waals surface area contributed by atoms with Gasteiger partial charge in [0.05, 0.1) is 12.9 Å². The fraction of sp³-hybridized carbons (Fsp3) is 0.545. The summed E-state index contributed by atoms with van der Waals surface area (Å²) in [5.74, 6) is 0.168. The Morgan fingerprint density at radius 2 is 2.10 bits per heavy atom. The van der Waals surface area contributed by atoms with Crippen molar-refractivity contribution in [3.8, 4) is 0 Å². The molecule has 21 heavy (non-hydrogen) atoms. The zero-order chi connectivity index (χ0) is 15.3. The summed E-state index contributed by atoms with van der Waals surface area (Å²) in [6.07, 6.45) is -3.10. The third-order valence-electron chi connectivity index (χ3n) is 3.57. The fourth-order valence-corrected chi connectivity index (χ4v) is 2.39. The van der Waals surface area contributed by atoms with Crippen molar-refractivity contribution in [2.24, 2.45) is 0 Å². The maximum Gasteiger partial charge on any atom is 0.192 e. The second-order valence-electron chi connectivity index (χ2n) is 4.87. The van der Waals surface area contributed by atoms with E-state index < -0.39 is 31.1 Å². The Labute approximate surface area is 118 Å². The Morgan fingerprint density at radius 1 is 1.38 bits per heavy atom. The van der Waals surface area contributed by atoms with Crippen LogP contribution in [0.1, 0.15) is 12.1 Å². The molecule has 0 aromatic carbocycles. The van der Waals surface area contributed by atoms with Crippen molar-refractivity contribution in [2.75, 3.05) is 6.61 Å². The van der Waals surface area contributed by atoms with Crippen LogP contribution in [0.15, 0.2) is 6.33 Å². The average Bonchev–Trinajstić information content (AvgIpc) is 2.99. The van der Waals surface area contributed by atoms with Crippen LogP contribution in [-0.2, 0) is 4.74 Å². The molecule has 3 rings (SSSR count). The van der Waals surface area contributed by atoms with Crippen molar-refractivity contribution in [2.45, 2.75) is 31.5 Å². The van der Waals surface area contributed by atoms with Crippen LogP contribution in [0.2, 0.25) is 0 Å². The number of fused-ring (bicyclic) bond motifs is 1. The number of aliphatic hydroxyl groups excluding tert-OH is 3. The van der Waals surface area contributed by atoms with Crippen molar-refractivity contribution in [3.05, 3.63) is 17.6 Å². The van der Waals surface area contributed by atoms with Crippen LogP contribution in [0, 0.1) is 12.3 Å². The first-order valence-electron chi connectivity index (χ1n) is 6.28. The molecule has 114 valence electrons. The minimum atomic E-state index is -1.27. The molecule has 1 aliphatic heterocycles. The Morgan fingerprint density at radius 3 is 2.71 bits per heavy atom. The van der Waals surface area contributed by atoms with E-state index in [1.807, 2.05) is 0 Å². The quantitative estimate of drug-likeness (QED) is 0.397. The molecule has 1 aliphatic rings. The van der Waals surface area contributed by atoms with E-state index in [0.29, 0.717) is 4.73 Å². The lowest BCUT2D eigenvalue weighted by atomic mass is 10.1. The van der Waals surface area contributed by atoms with Crippen LogP contribution in [0.4, 0.5) is 0 Å². The highest BCUT2D eigenvalue weighted by Gasteiger charge is 2.44. The van der Waals surface area contributed by atoms with E-state index in [2.05, 4.69) is 9.97 Å². The molecule has 1 fully saturated rings. The van der Waals surface area contributed by atoms with Gasteiger partial charge in [-0.2, -0.15) is 4.73 Å². The van der Waals surface area contributed by atoms with Crippen molar-refractivity contribution >= 4 is 11.2 Å². The first kappa shape index (κ1) is 13.9. The van der Waals surface area contributed by atoms with E-state index in [1.165, 1.54) is 17.8 Å². The number of hydrogen-bond donors (Lipinski definition) is 5. The number of aryl methyl sites for hydroxylation is 1. The molecule has 0 saturated carbocycles. The van der Waals surface area contributed by atoms with Crippen LogP contribution in [0.5, 0.6) is 0 Å². The molecule has 2 aromatic heterocycles. The molecular formula is C11H15N5O5. The number of nitrogens with one attached hydrogen (secondary N) is 1. The molecule has 2 aromatic rings. The molecule has 5 N–H and O–H groups in total. The predicted octanol–water partition coefficient (Wildman–Crippen LogP) is -2.13. The Hall–Kier alpha value is -2.01. The third-order valence-corrected chi connectivity index (χ3v) is 3.57. The van der Waals surface area contributed by atoms with Crippen LogP contribution < -0.4 is 5.49 Å². The van der Waals surface area contributed by atoms with Gasteiger partial charge in [-0.1, -0.05) is 0 Å². The molecule has 0 unspecified atom stereocenters. The largest absolute Gasteiger partial charge is 0.425 e. The number of rotatable bonds is 2. The van der Waals surface area contributed by atoms with E-state index in [1.54, 1.807) is 0 Å². The topological polar surface area (TPSA) is 150 Å². The van der Waals surface area contributed by atoms with E-state index >= 15 is 0 Å². The molecular weight excluding hydrogens is 282 g/mol. The second kappa shape index (κ2) is 4.77. The lowest BCUT2D eigenvalue weighted by Crippen LogP contribution is -2.33. The highest BCUT2D eigenvalue weighted by molar-refractivity contribution is 5.69. The van der Waals surface area contributed by atoms with E-state index in [9.17, 15) is 15.4 Å². The SMILES string of the molecule is Cc1nc2c(ncn2[C@@H]2O[C@H](CO)[C@@H](O)[C@H]2O)c(=N)n1O. The van der Waals surface area contributed by atoms with Gasteiger partial charge in [0.15, 0.2) is 22.9 Å². The van der Waals surface area contributed by atoms with E-state index in [0.717, 1.165) is 0 Å². The van der Waals surface area contributed by atoms with Gasteiger partial charge in [-0.15, -0.1) is 0 Å². The zero-order valence-corrected chi connectivity index (χ0v) is 11.1. The number of nitrogens with zero attached hydrogens (tertiary/aromatic N) is 4. The molecule has 0 radical (unpaired) electrons. The maximum atomic E-state index is 10.0. The molecule has 3 heterocycles. The number of aromatic nitrogens is 4. The second-order valence-corrected chi connectivity index (χ2v) is 4.87. The lowest BCUT2D eigenvalue weighted by molar-refractivity contribution is -0.0511. The van der Waals surface area contributed by atoms with Gasteiger partial charge in [0.25, 0.3) is 0 Å². The molecule has 4 atom stereocenters. The minimum Gasteiger partial charge on any atom is -0.425 e. The molecule has 10 nitrogen and oxygen atoms in total. The highest BCUT2D eigenvalue weighted by atomic mass is 16.6. The molecule has 10 heteroatoms. The van der Waals surface area contributed by atoms with Crippen LogP contribution in [0.25, 0.3) is 11.2 Å². The van der Waals surface area contributed by atoms with Gasteiger partial charge in [-0.3, -0.25) is 9.98 Å². The van der Waals surface area contributed by atoms with Gasteiger partial charge in [-0.25, -0.2) is 9.97 Å². The standard InChI is InChI=1S/C11H15N5O5/c1-4-14-10-6(9(12)16(4)20)13-3-15(10)11-8(19)7(18)5(2-17)21-11/h3,5,7-8,11-12,17-20H,2H2,1H3/t5-,7-,8-,11-/m1/s1. The average molecular weight is 297 g/mol. The highest BCUT2D eigenvalue weighted by Crippen LogP contribution is 2.30. The molecule has 0 bridgehead atoms. The monoisotopic (exact) mass is 297 g/mol. The van der Waals surface area contributed by atoms with Gasteiger partial charge < -0.3 is 25.3 Å². The van der Waals surface area contributed by atoms with E-state index in [-0.39, 0.29) is 22.5 Å². The summed E-state index contributed by atoms with van der Waals surface area (Å²) in [4.78, 5) is 8.08. The van der Waals surface area contributed by atoms with Crippen LogP contribution >= 0.6 is 0 Å². The summed E-state index contributed by atoms with van der Waals surface area (Å²) in [5, 5.41) is 46.3. The summed E-state index contributed by atoms with van der Waals surface area (Å²) in [7, 11) is 0. The number of ether oxygens (including phenoxy) is 1. The van der Waals surface area contributed by atoms with Crippen molar-refractivity contribution < 1.29 is 25.3 Å². The molecule has 0 aliphatic carbocycles.